The number of carbonyl (C=O) groups excluding carboxylic acids is 1. The van der Waals surface area contributed by atoms with Crippen molar-refractivity contribution in [3.63, 3.8) is 0 Å². The third-order valence-electron chi connectivity index (χ3n) is 3.13. The van der Waals surface area contributed by atoms with E-state index in [0.717, 1.165) is 16.5 Å². The number of carbonyl (C=O) groups is 1. The van der Waals surface area contributed by atoms with E-state index in [-0.39, 0.29) is 5.91 Å². The molecule has 0 aliphatic heterocycles. The molecule has 3 aromatic rings. The third kappa shape index (κ3) is 2.21. The molecule has 0 unspecified atom stereocenters. The fourth-order valence-corrected chi connectivity index (χ4v) is 2.06. The van der Waals surface area contributed by atoms with Gasteiger partial charge in [-0.3, -0.25) is 4.79 Å². The van der Waals surface area contributed by atoms with Crippen molar-refractivity contribution in [2.45, 2.75) is 6.92 Å². The monoisotopic (exact) mass is 266 g/mol. The van der Waals surface area contributed by atoms with Crippen LogP contribution >= 0.6 is 0 Å². The first-order valence-corrected chi connectivity index (χ1v) is 6.25. The lowest BCUT2D eigenvalue weighted by molar-refractivity contribution is 0.102. The van der Waals surface area contributed by atoms with Crippen molar-refractivity contribution in [2.75, 3.05) is 11.1 Å². The largest absolute Gasteiger partial charge is 0.399 e. The van der Waals surface area contributed by atoms with Gasteiger partial charge in [0, 0.05) is 22.8 Å². The number of rotatable bonds is 2. The summed E-state index contributed by atoms with van der Waals surface area (Å²) in [6, 6.07) is 11.0. The van der Waals surface area contributed by atoms with Gasteiger partial charge in [-0.15, -0.1) is 0 Å². The molecule has 0 bridgehead atoms. The number of nitrogens with zero attached hydrogens (tertiary/aromatic N) is 1. The summed E-state index contributed by atoms with van der Waals surface area (Å²) >= 11 is 0. The Morgan fingerprint density at radius 2 is 2.15 bits per heavy atom. The topological polar surface area (TPSA) is 83.8 Å². The molecule has 0 radical (unpaired) electrons. The molecule has 1 aromatic carbocycles. The van der Waals surface area contributed by atoms with Gasteiger partial charge in [-0.2, -0.15) is 0 Å². The third-order valence-corrected chi connectivity index (χ3v) is 3.13. The number of nitrogens with one attached hydrogen (secondary N) is 2. The van der Waals surface area contributed by atoms with Crippen LogP contribution in [0, 0.1) is 6.92 Å². The van der Waals surface area contributed by atoms with Gasteiger partial charge in [-0.05, 0) is 42.8 Å². The smallest absolute Gasteiger partial charge is 0.273 e. The fraction of sp³-hybridized carbons (Fsp3) is 0.0667. The maximum atomic E-state index is 12.2. The van der Waals surface area contributed by atoms with Crippen LogP contribution in [0.15, 0.2) is 42.6 Å². The Bertz CT molecular complexity index is 791. The zero-order valence-electron chi connectivity index (χ0n) is 11.0. The molecule has 0 fully saturated rings. The van der Waals surface area contributed by atoms with Gasteiger partial charge in [0.2, 0.25) is 0 Å². The Hall–Kier alpha value is -2.82. The number of amides is 1. The van der Waals surface area contributed by atoms with Crippen molar-refractivity contribution in [1.82, 2.24) is 9.97 Å². The minimum Gasteiger partial charge on any atom is -0.399 e. The molecule has 0 saturated carbocycles. The van der Waals surface area contributed by atoms with Gasteiger partial charge in [0.15, 0.2) is 0 Å². The lowest BCUT2D eigenvalue weighted by atomic mass is 10.2. The van der Waals surface area contributed by atoms with Gasteiger partial charge >= 0.3 is 0 Å². The van der Waals surface area contributed by atoms with E-state index in [1.54, 1.807) is 18.3 Å². The highest BCUT2D eigenvalue weighted by atomic mass is 16.1. The maximum absolute atomic E-state index is 12.2. The molecule has 100 valence electrons. The van der Waals surface area contributed by atoms with Crippen molar-refractivity contribution in [2.24, 2.45) is 0 Å². The lowest BCUT2D eigenvalue weighted by Gasteiger charge is -2.05. The maximum Gasteiger partial charge on any atom is 0.273 e. The number of H-pyrrole nitrogens is 1. The highest BCUT2D eigenvalue weighted by Crippen LogP contribution is 2.19. The normalized spacial score (nSPS) is 10.7. The minimum atomic E-state index is -0.221. The van der Waals surface area contributed by atoms with Crippen LogP contribution in [0.5, 0.6) is 0 Å². The van der Waals surface area contributed by atoms with E-state index in [9.17, 15) is 4.79 Å². The van der Waals surface area contributed by atoms with Crippen molar-refractivity contribution in [3.05, 3.63) is 53.9 Å². The summed E-state index contributed by atoms with van der Waals surface area (Å²) in [5.74, 6) is 0.345. The number of aromatic nitrogens is 2. The summed E-state index contributed by atoms with van der Waals surface area (Å²) in [7, 11) is 0. The molecular weight excluding hydrogens is 252 g/mol. The molecule has 0 aliphatic carbocycles. The van der Waals surface area contributed by atoms with Crippen molar-refractivity contribution >= 4 is 28.3 Å². The number of nitrogens with two attached hydrogens (primary N) is 1. The Labute approximate surface area is 115 Å². The van der Waals surface area contributed by atoms with Crippen LogP contribution in [-0.2, 0) is 0 Å². The van der Waals surface area contributed by atoms with E-state index >= 15 is 0 Å². The predicted molar refractivity (Wildman–Crippen MR) is 79.6 cm³/mol. The number of benzene rings is 1. The van der Waals surface area contributed by atoms with E-state index < -0.39 is 0 Å². The van der Waals surface area contributed by atoms with E-state index in [1.165, 1.54) is 0 Å². The number of fused-ring (bicyclic) bond motifs is 1. The molecule has 3 rings (SSSR count). The summed E-state index contributed by atoms with van der Waals surface area (Å²) in [6.45, 7) is 1.90. The van der Waals surface area contributed by atoms with Crippen LogP contribution in [0.2, 0.25) is 0 Å². The van der Waals surface area contributed by atoms with Crippen LogP contribution in [0.25, 0.3) is 10.9 Å². The Morgan fingerprint density at radius 1 is 1.30 bits per heavy atom. The average Bonchev–Trinajstić information content (AvgIpc) is 2.84. The summed E-state index contributed by atoms with van der Waals surface area (Å²) in [6.07, 6.45) is 1.65. The van der Waals surface area contributed by atoms with Crippen LogP contribution in [0.3, 0.4) is 0 Å². The molecule has 5 heteroatoms. The van der Waals surface area contributed by atoms with Crippen molar-refractivity contribution < 1.29 is 4.79 Å². The quantitative estimate of drug-likeness (QED) is 0.623. The first kappa shape index (κ1) is 12.2. The number of hydrogen-bond acceptors (Lipinski definition) is 3. The Morgan fingerprint density at radius 3 is 2.95 bits per heavy atom. The molecule has 2 heterocycles. The van der Waals surface area contributed by atoms with Crippen molar-refractivity contribution in [3.8, 4) is 0 Å². The Balaban J connectivity index is 1.91. The highest BCUT2D eigenvalue weighted by Gasteiger charge is 2.11. The van der Waals surface area contributed by atoms with Gasteiger partial charge in [0.1, 0.15) is 11.5 Å². The molecule has 0 aliphatic rings. The van der Waals surface area contributed by atoms with Gasteiger partial charge in [-0.1, -0.05) is 6.07 Å². The number of hydrogen-bond donors (Lipinski definition) is 3. The lowest BCUT2D eigenvalue weighted by Crippen LogP contribution is -2.14. The predicted octanol–water partition coefficient (Wildman–Crippen LogP) is 2.71. The number of anilines is 2. The first-order valence-electron chi connectivity index (χ1n) is 6.25. The number of pyridine rings is 1. The van der Waals surface area contributed by atoms with Gasteiger partial charge < -0.3 is 16.0 Å². The second kappa shape index (κ2) is 4.70. The van der Waals surface area contributed by atoms with Crippen LogP contribution in [0.4, 0.5) is 11.5 Å². The van der Waals surface area contributed by atoms with Gasteiger partial charge in [-0.25, -0.2) is 4.98 Å². The molecular formula is C15H14N4O. The fourth-order valence-electron chi connectivity index (χ4n) is 2.06. The zero-order chi connectivity index (χ0) is 14.1. The van der Waals surface area contributed by atoms with E-state index in [2.05, 4.69) is 15.3 Å². The zero-order valence-corrected chi connectivity index (χ0v) is 11.0. The minimum absolute atomic E-state index is 0.221. The molecule has 0 spiro atoms. The highest BCUT2D eigenvalue weighted by molar-refractivity contribution is 6.06. The molecule has 4 N–H and O–H groups in total. The first-order chi connectivity index (χ1) is 9.63. The summed E-state index contributed by atoms with van der Waals surface area (Å²) in [4.78, 5) is 19.4. The number of aromatic amines is 1. The van der Waals surface area contributed by atoms with Crippen LogP contribution < -0.4 is 11.1 Å². The summed E-state index contributed by atoms with van der Waals surface area (Å²) in [5, 5.41) is 3.70. The van der Waals surface area contributed by atoms with E-state index in [4.69, 9.17) is 5.73 Å². The number of aryl methyl sites for hydroxylation is 1. The molecule has 20 heavy (non-hydrogen) atoms. The second-order valence-electron chi connectivity index (χ2n) is 4.65. The van der Waals surface area contributed by atoms with Gasteiger partial charge in [0.25, 0.3) is 5.91 Å². The summed E-state index contributed by atoms with van der Waals surface area (Å²) < 4.78 is 0. The summed E-state index contributed by atoms with van der Waals surface area (Å²) in [5.41, 5.74) is 8.68. The Kier molecular flexibility index (Phi) is 2.87. The molecule has 0 saturated heterocycles. The average molecular weight is 266 g/mol. The number of nitrogen functional groups attached to an aromatic ring is 1. The van der Waals surface area contributed by atoms with Gasteiger partial charge in [0.05, 0.1) is 0 Å². The SMILES string of the molecule is Cc1cccnc1NC(=O)c1cc2cc(N)ccc2[nH]1. The van der Waals surface area contributed by atoms with Crippen LogP contribution in [0.1, 0.15) is 16.1 Å². The van der Waals surface area contributed by atoms with E-state index in [1.807, 2.05) is 31.2 Å². The van der Waals surface area contributed by atoms with Crippen LogP contribution in [-0.4, -0.2) is 15.9 Å². The molecule has 0 atom stereocenters. The molecule has 2 aromatic heterocycles. The van der Waals surface area contributed by atoms with Crippen molar-refractivity contribution in [1.29, 1.82) is 0 Å². The molecule has 1 amide bonds. The van der Waals surface area contributed by atoms with E-state index in [0.29, 0.717) is 17.2 Å². The standard InChI is InChI=1S/C15H14N4O/c1-9-3-2-6-17-14(9)19-15(20)13-8-10-7-11(16)4-5-12(10)18-13/h2-8,18H,16H2,1H3,(H,17,19,20). The molecule has 5 nitrogen and oxygen atoms in total. The second-order valence-corrected chi connectivity index (χ2v) is 4.65.